The zero-order valence-corrected chi connectivity index (χ0v) is 13.8. The SMILES string of the molecule is Cc1cc2occ(CC(=O)NC3(CC(=O)O)CCOC3)c2cc1C. The Kier molecular flexibility index (Phi) is 4.32. The first-order valence-corrected chi connectivity index (χ1v) is 7.96. The molecule has 1 aromatic carbocycles. The van der Waals surface area contributed by atoms with E-state index >= 15 is 0 Å². The molecule has 2 N–H and O–H groups in total. The molecule has 2 aromatic rings. The molecule has 6 nitrogen and oxygen atoms in total. The van der Waals surface area contributed by atoms with Crippen LogP contribution in [0.1, 0.15) is 29.5 Å². The van der Waals surface area contributed by atoms with E-state index in [4.69, 9.17) is 14.3 Å². The minimum atomic E-state index is -0.944. The molecule has 0 radical (unpaired) electrons. The van der Waals surface area contributed by atoms with Gasteiger partial charge >= 0.3 is 5.97 Å². The Bertz CT molecular complexity index is 786. The molecule has 128 valence electrons. The number of rotatable bonds is 5. The molecule has 0 spiro atoms. The molecular formula is C18H21NO5. The minimum Gasteiger partial charge on any atom is -0.481 e. The number of carboxylic acid groups (broad SMARTS) is 1. The summed E-state index contributed by atoms with van der Waals surface area (Å²) >= 11 is 0. The van der Waals surface area contributed by atoms with Crippen molar-refractivity contribution in [1.82, 2.24) is 5.32 Å². The summed E-state index contributed by atoms with van der Waals surface area (Å²) in [6.45, 7) is 4.72. The van der Waals surface area contributed by atoms with Crippen LogP contribution in [0.25, 0.3) is 11.0 Å². The molecule has 1 saturated heterocycles. The third kappa shape index (κ3) is 3.28. The number of fused-ring (bicyclic) bond motifs is 1. The van der Waals surface area contributed by atoms with Gasteiger partial charge in [-0.3, -0.25) is 9.59 Å². The maximum absolute atomic E-state index is 12.4. The van der Waals surface area contributed by atoms with Crippen LogP contribution in [0.3, 0.4) is 0 Å². The van der Waals surface area contributed by atoms with E-state index in [0.717, 1.165) is 27.7 Å². The number of carbonyl (C=O) groups excluding carboxylic acids is 1. The Morgan fingerprint density at radius 3 is 2.71 bits per heavy atom. The fourth-order valence-corrected chi connectivity index (χ4v) is 3.16. The van der Waals surface area contributed by atoms with Crippen LogP contribution in [-0.2, 0) is 20.7 Å². The van der Waals surface area contributed by atoms with Crippen LogP contribution in [0.5, 0.6) is 0 Å². The van der Waals surface area contributed by atoms with Crippen molar-refractivity contribution < 1.29 is 23.8 Å². The molecule has 1 aliphatic heterocycles. The van der Waals surface area contributed by atoms with Crippen molar-refractivity contribution in [2.45, 2.75) is 38.6 Å². The Hall–Kier alpha value is -2.34. The first-order valence-electron chi connectivity index (χ1n) is 7.96. The van der Waals surface area contributed by atoms with E-state index in [1.807, 2.05) is 26.0 Å². The van der Waals surface area contributed by atoms with Crippen LogP contribution in [0, 0.1) is 13.8 Å². The largest absolute Gasteiger partial charge is 0.481 e. The van der Waals surface area contributed by atoms with Gasteiger partial charge in [0, 0.05) is 17.6 Å². The van der Waals surface area contributed by atoms with Crippen LogP contribution < -0.4 is 5.32 Å². The van der Waals surface area contributed by atoms with Crippen molar-refractivity contribution in [3.63, 3.8) is 0 Å². The molecule has 1 amide bonds. The lowest BCUT2D eigenvalue weighted by molar-refractivity contribution is -0.139. The van der Waals surface area contributed by atoms with Gasteiger partial charge < -0.3 is 19.6 Å². The molecule has 24 heavy (non-hydrogen) atoms. The number of hydrogen-bond acceptors (Lipinski definition) is 4. The fraction of sp³-hybridized carbons (Fsp3) is 0.444. The Labute approximate surface area is 139 Å². The quantitative estimate of drug-likeness (QED) is 0.878. The van der Waals surface area contributed by atoms with Crippen LogP contribution in [-0.4, -0.2) is 35.7 Å². The monoisotopic (exact) mass is 331 g/mol. The summed E-state index contributed by atoms with van der Waals surface area (Å²) in [5.41, 5.74) is 3.02. The zero-order chi connectivity index (χ0) is 17.3. The average Bonchev–Trinajstić information content (AvgIpc) is 3.07. The van der Waals surface area contributed by atoms with Crippen molar-refractivity contribution >= 4 is 22.8 Å². The van der Waals surface area contributed by atoms with Gasteiger partial charge in [-0.15, -0.1) is 0 Å². The summed E-state index contributed by atoms with van der Waals surface area (Å²) in [4.78, 5) is 23.5. The van der Waals surface area contributed by atoms with Gasteiger partial charge in [-0.2, -0.15) is 0 Å². The molecule has 3 rings (SSSR count). The normalized spacial score (nSPS) is 20.4. The van der Waals surface area contributed by atoms with Gasteiger partial charge in [-0.25, -0.2) is 0 Å². The Morgan fingerprint density at radius 1 is 1.29 bits per heavy atom. The second-order valence-corrected chi connectivity index (χ2v) is 6.57. The summed E-state index contributed by atoms with van der Waals surface area (Å²) in [7, 11) is 0. The first-order chi connectivity index (χ1) is 11.4. The van der Waals surface area contributed by atoms with E-state index in [-0.39, 0.29) is 25.4 Å². The molecule has 0 bridgehead atoms. The van der Waals surface area contributed by atoms with Gasteiger partial charge in [0.05, 0.1) is 31.3 Å². The zero-order valence-electron chi connectivity index (χ0n) is 13.8. The van der Waals surface area contributed by atoms with Crippen LogP contribution >= 0.6 is 0 Å². The third-order valence-electron chi connectivity index (χ3n) is 4.62. The Morgan fingerprint density at radius 2 is 2.04 bits per heavy atom. The summed E-state index contributed by atoms with van der Waals surface area (Å²) in [5.74, 6) is -1.16. The predicted octanol–water partition coefficient (Wildman–Crippen LogP) is 2.34. The van der Waals surface area contributed by atoms with Crippen LogP contribution in [0.4, 0.5) is 0 Å². The van der Waals surface area contributed by atoms with Gasteiger partial charge in [-0.05, 0) is 43.5 Å². The maximum Gasteiger partial charge on any atom is 0.305 e. The minimum absolute atomic E-state index is 0.136. The second-order valence-electron chi connectivity index (χ2n) is 6.57. The molecule has 1 atom stereocenters. The summed E-state index contributed by atoms with van der Waals surface area (Å²) in [6.07, 6.45) is 2.12. The molecule has 1 unspecified atom stereocenters. The number of benzene rings is 1. The van der Waals surface area contributed by atoms with Gasteiger partial charge in [0.2, 0.25) is 5.91 Å². The highest BCUT2D eigenvalue weighted by atomic mass is 16.5. The standard InChI is InChI=1S/C18H21NO5/c1-11-5-14-13(9-24-15(14)6-12(11)2)7-16(20)19-18(8-17(21)22)3-4-23-10-18/h5-6,9H,3-4,7-8,10H2,1-2H3,(H,19,20)(H,21,22). The van der Waals surface area contributed by atoms with Gasteiger partial charge in [0.25, 0.3) is 0 Å². The molecule has 1 fully saturated rings. The van der Waals surface area contributed by atoms with E-state index in [1.165, 1.54) is 0 Å². The molecule has 0 saturated carbocycles. The van der Waals surface area contributed by atoms with Crippen LogP contribution in [0.15, 0.2) is 22.8 Å². The maximum atomic E-state index is 12.4. The number of nitrogens with one attached hydrogen (secondary N) is 1. The molecule has 2 heterocycles. The number of carbonyl (C=O) groups is 2. The smallest absolute Gasteiger partial charge is 0.305 e. The van der Waals surface area contributed by atoms with Crippen molar-refractivity contribution in [2.75, 3.05) is 13.2 Å². The van der Waals surface area contributed by atoms with E-state index < -0.39 is 11.5 Å². The highest BCUT2D eigenvalue weighted by Crippen LogP contribution is 2.26. The van der Waals surface area contributed by atoms with Crippen molar-refractivity contribution in [2.24, 2.45) is 0 Å². The van der Waals surface area contributed by atoms with E-state index in [2.05, 4.69) is 5.32 Å². The average molecular weight is 331 g/mol. The van der Waals surface area contributed by atoms with Crippen molar-refractivity contribution in [3.8, 4) is 0 Å². The number of furan rings is 1. The van der Waals surface area contributed by atoms with E-state index in [1.54, 1.807) is 6.26 Å². The summed E-state index contributed by atoms with van der Waals surface area (Å²) in [5, 5.41) is 12.9. The number of hydrogen-bond donors (Lipinski definition) is 2. The third-order valence-corrected chi connectivity index (χ3v) is 4.62. The van der Waals surface area contributed by atoms with Gasteiger partial charge in [-0.1, -0.05) is 0 Å². The molecule has 0 aliphatic carbocycles. The molecule has 1 aliphatic rings. The van der Waals surface area contributed by atoms with E-state index in [9.17, 15) is 9.59 Å². The lowest BCUT2D eigenvalue weighted by Gasteiger charge is -2.26. The predicted molar refractivity (Wildman–Crippen MR) is 88.0 cm³/mol. The first kappa shape index (κ1) is 16.5. The highest BCUT2D eigenvalue weighted by Gasteiger charge is 2.38. The molecular weight excluding hydrogens is 310 g/mol. The number of aliphatic carboxylic acids is 1. The fourth-order valence-electron chi connectivity index (χ4n) is 3.16. The number of amides is 1. The summed E-state index contributed by atoms with van der Waals surface area (Å²) < 4.78 is 10.8. The van der Waals surface area contributed by atoms with Gasteiger partial charge in [0.15, 0.2) is 0 Å². The number of aryl methyl sites for hydroxylation is 2. The van der Waals surface area contributed by atoms with E-state index in [0.29, 0.717) is 13.0 Å². The Balaban J connectivity index is 1.77. The van der Waals surface area contributed by atoms with Crippen molar-refractivity contribution in [3.05, 3.63) is 35.1 Å². The number of carboxylic acids is 1. The lowest BCUT2D eigenvalue weighted by Crippen LogP contribution is -2.51. The molecule has 1 aromatic heterocycles. The van der Waals surface area contributed by atoms with Crippen molar-refractivity contribution in [1.29, 1.82) is 0 Å². The van der Waals surface area contributed by atoms with Gasteiger partial charge in [0.1, 0.15) is 5.58 Å². The second kappa shape index (κ2) is 6.28. The lowest BCUT2D eigenvalue weighted by atomic mass is 9.93. The molecule has 6 heteroatoms. The topological polar surface area (TPSA) is 88.8 Å². The van der Waals surface area contributed by atoms with Crippen LogP contribution in [0.2, 0.25) is 0 Å². The summed E-state index contributed by atoms with van der Waals surface area (Å²) in [6, 6.07) is 3.98. The number of ether oxygens (including phenoxy) is 1. The highest BCUT2D eigenvalue weighted by molar-refractivity contribution is 5.89.